The van der Waals surface area contributed by atoms with E-state index in [4.69, 9.17) is 10.00 Å². The standard InChI is InChI=1S/C19H16N2O2/c1-2-23-19(22)17(14-20)13-16-8-6-15(7-9-16)10-11-18-5-3-4-12-21-18/h3-13H,2H2,1H3/b11-10+,17-13+. The number of nitrogens with zero attached hydrogens (tertiary/aromatic N) is 2. The van der Waals surface area contributed by atoms with Gasteiger partial charge in [-0.15, -0.1) is 0 Å². The van der Waals surface area contributed by atoms with Crippen LogP contribution in [0.15, 0.2) is 54.2 Å². The van der Waals surface area contributed by atoms with Gasteiger partial charge in [-0.3, -0.25) is 4.98 Å². The van der Waals surface area contributed by atoms with Crippen molar-refractivity contribution in [2.45, 2.75) is 6.92 Å². The predicted molar refractivity (Wildman–Crippen MR) is 89.8 cm³/mol. The molecule has 4 heteroatoms. The van der Waals surface area contributed by atoms with Crippen LogP contribution in [0.1, 0.15) is 23.7 Å². The fraction of sp³-hybridized carbons (Fsp3) is 0.105. The molecule has 0 saturated carbocycles. The monoisotopic (exact) mass is 304 g/mol. The van der Waals surface area contributed by atoms with Crippen LogP contribution in [0.25, 0.3) is 18.2 Å². The van der Waals surface area contributed by atoms with E-state index >= 15 is 0 Å². The Kier molecular flexibility index (Phi) is 5.84. The smallest absolute Gasteiger partial charge is 0.348 e. The number of carbonyl (C=O) groups excluding carboxylic acids is 1. The lowest BCUT2D eigenvalue weighted by molar-refractivity contribution is -0.137. The molecule has 0 amide bonds. The average molecular weight is 304 g/mol. The molecule has 0 aliphatic heterocycles. The number of nitriles is 1. The van der Waals surface area contributed by atoms with E-state index in [1.807, 2.05) is 60.7 Å². The van der Waals surface area contributed by atoms with Crippen molar-refractivity contribution in [3.8, 4) is 6.07 Å². The summed E-state index contributed by atoms with van der Waals surface area (Å²) in [5, 5.41) is 9.01. The molecule has 0 aliphatic rings. The molecule has 0 fully saturated rings. The summed E-state index contributed by atoms with van der Waals surface area (Å²) < 4.78 is 4.83. The number of hydrogen-bond acceptors (Lipinski definition) is 4. The van der Waals surface area contributed by atoms with Crippen molar-refractivity contribution < 1.29 is 9.53 Å². The van der Waals surface area contributed by atoms with Crippen LogP contribution in [0, 0.1) is 11.3 Å². The molecule has 0 aliphatic carbocycles. The molecular formula is C19H16N2O2. The van der Waals surface area contributed by atoms with Crippen molar-refractivity contribution >= 4 is 24.2 Å². The zero-order valence-corrected chi connectivity index (χ0v) is 12.8. The van der Waals surface area contributed by atoms with E-state index in [-0.39, 0.29) is 12.2 Å². The normalized spacial score (nSPS) is 11.2. The first kappa shape index (κ1) is 16.2. The van der Waals surface area contributed by atoms with E-state index in [2.05, 4.69) is 4.98 Å². The third kappa shape index (κ3) is 4.94. The average Bonchev–Trinajstić information content (AvgIpc) is 2.60. The molecule has 1 aromatic heterocycles. The first-order valence-electron chi connectivity index (χ1n) is 7.21. The van der Waals surface area contributed by atoms with E-state index in [0.29, 0.717) is 0 Å². The Balaban J connectivity index is 2.12. The fourth-order valence-corrected chi connectivity index (χ4v) is 1.87. The SMILES string of the molecule is CCOC(=O)/C(C#N)=C/c1ccc(/C=C/c2ccccn2)cc1. The molecule has 0 N–H and O–H groups in total. The summed E-state index contributed by atoms with van der Waals surface area (Å²) in [4.78, 5) is 15.8. The molecule has 0 unspecified atom stereocenters. The Morgan fingerprint density at radius 1 is 1.17 bits per heavy atom. The lowest BCUT2D eigenvalue weighted by atomic mass is 10.1. The molecule has 23 heavy (non-hydrogen) atoms. The zero-order valence-electron chi connectivity index (χ0n) is 12.8. The topological polar surface area (TPSA) is 63.0 Å². The number of pyridine rings is 1. The van der Waals surface area contributed by atoms with E-state index in [1.54, 1.807) is 13.1 Å². The number of aromatic nitrogens is 1. The van der Waals surface area contributed by atoms with Gasteiger partial charge in [-0.25, -0.2) is 4.79 Å². The van der Waals surface area contributed by atoms with E-state index in [0.717, 1.165) is 16.8 Å². The second-order valence-corrected chi connectivity index (χ2v) is 4.64. The van der Waals surface area contributed by atoms with E-state index in [1.165, 1.54) is 6.08 Å². The van der Waals surface area contributed by atoms with Crippen LogP contribution in [0.3, 0.4) is 0 Å². The van der Waals surface area contributed by atoms with E-state index in [9.17, 15) is 4.79 Å². The molecule has 1 heterocycles. The first-order valence-corrected chi connectivity index (χ1v) is 7.21. The lowest BCUT2D eigenvalue weighted by Crippen LogP contribution is -2.05. The van der Waals surface area contributed by atoms with Crippen molar-refractivity contribution in [1.82, 2.24) is 4.98 Å². The minimum absolute atomic E-state index is 0.0105. The molecule has 0 radical (unpaired) electrons. The largest absolute Gasteiger partial charge is 0.462 e. The van der Waals surface area contributed by atoms with Crippen LogP contribution in [0.5, 0.6) is 0 Å². The minimum atomic E-state index is -0.603. The van der Waals surface area contributed by atoms with Gasteiger partial charge in [-0.2, -0.15) is 5.26 Å². The Labute approximate surface area is 135 Å². The molecule has 0 spiro atoms. The minimum Gasteiger partial charge on any atom is -0.462 e. The third-order valence-electron chi connectivity index (χ3n) is 3.00. The Hall–Kier alpha value is -3.19. The predicted octanol–water partition coefficient (Wildman–Crippen LogP) is 3.72. The van der Waals surface area contributed by atoms with Crippen molar-refractivity contribution in [1.29, 1.82) is 5.26 Å². The van der Waals surface area contributed by atoms with E-state index < -0.39 is 5.97 Å². The highest BCUT2D eigenvalue weighted by Crippen LogP contribution is 2.12. The second-order valence-electron chi connectivity index (χ2n) is 4.64. The van der Waals surface area contributed by atoms with Gasteiger partial charge in [0.15, 0.2) is 0 Å². The highest BCUT2D eigenvalue weighted by Gasteiger charge is 2.09. The molecule has 2 rings (SSSR count). The van der Waals surface area contributed by atoms with Gasteiger partial charge in [-0.1, -0.05) is 36.4 Å². The van der Waals surface area contributed by atoms with Crippen LogP contribution in [0.2, 0.25) is 0 Å². The summed E-state index contributed by atoms with van der Waals surface area (Å²) in [6, 6.07) is 15.1. The Morgan fingerprint density at radius 3 is 2.52 bits per heavy atom. The van der Waals surface area contributed by atoms with Crippen LogP contribution in [-0.2, 0) is 9.53 Å². The molecule has 1 aromatic carbocycles. The van der Waals surface area contributed by atoms with Gasteiger partial charge in [0.1, 0.15) is 11.6 Å². The molecule has 0 atom stereocenters. The highest BCUT2D eigenvalue weighted by molar-refractivity contribution is 5.97. The second kappa shape index (κ2) is 8.30. The maximum absolute atomic E-state index is 11.6. The summed E-state index contributed by atoms with van der Waals surface area (Å²) in [5.74, 6) is -0.603. The Bertz CT molecular complexity index is 754. The maximum Gasteiger partial charge on any atom is 0.348 e. The van der Waals surface area contributed by atoms with Gasteiger partial charge in [0.2, 0.25) is 0 Å². The number of hydrogen-bond donors (Lipinski definition) is 0. The van der Waals surface area contributed by atoms with Gasteiger partial charge >= 0.3 is 5.97 Å². The number of rotatable bonds is 5. The van der Waals surface area contributed by atoms with Crippen LogP contribution in [-0.4, -0.2) is 17.6 Å². The summed E-state index contributed by atoms with van der Waals surface area (Å²) >= 11 is 0. The van der Waals surface area contributed by atoms with Gasteiger partial charge in [0.05, 0.1) is 12.3 Å². The summed E-state index contributed by atoms with van der Waals surface area (Å²) in [6.45, 7) is 1.95. The molecule has 2 aromatic rings. The molecular weight excluding hydrogens is 288 g/mol. The fourth-order valence-electron chi connectivity index (χ4n) is 1.87. The van der Waals surface area contributed by atoms with Gasteiger partial charge in [0.25, 0.3) is 0 Å². The zero-order chi connectivity index (χ0) is 16.5. The molecule has 0 bridgehead atoms. The third-order valence-corrected chi connectivity index (χ3v) is 3.00. The number of benzene rings is 1. The van der Waals surface area contributed by atoms with Gasteiger partial charge < -0.3 is 4.74 Å². The highest BCUT2D eigenvalue weighted by atomic mass is 16.5. The summed E-state index contributed by atoms with van der Waals surface area (Å²) in [6.07, 6.45) is 7.13. The van der Waals surface area contributed by atoms with Gasteiger partial charge in [-0.05, 0) is 42.3 Å². The summed E-state index contributed by atoms with van der Waals surface area (Å²) in [7, 11) is 0. The van der Waals surface area contributed by atoms with Crippen LogP contribution < -0.4 is 0 Å². The quantitative estimate of drug-likeness (QED) is 0.480. The summed E-state index contributed by atoms with van der Waals surface area (Å²) in [5.41, 5.74) is 2.64. The van der Waals surface area contributed by atoms with Crippen LogP contribution in [0.4, 0.5) is 0 Å². The lowest BCUT2D eigenvalue weighted by Gasteiger charge is -2.00. The van der Waals surface area contributed by atoms with Crippen molar-refractivity contribution in [3.63, 3.8) is 0 Å². The molecule has 114 valence electrons. The van der Waals surface area contributed by atoms with Crippen molar-refractivity contribution in [3.05, 3.63) is 71.1 Å². The molecule has 4 nitrogen and oxygen atoms in total. The number of esters is 1. The Morgan fingerprint density at radius 2 is 1.91 bits per heavy atom. The van der Waals surface area contributed by atoms with Gasteiger partial charge in [0, 0.05) is 6.20 Å². The first-order chi connectivity index (χ1) is 11.2. The number of carbonyl (C=O) groups is 1. The van der Waals surface area contributed by atoms with Crippen LogP contribution >= 0.6 is 0 Å². The van der Waals surface area contributed by atoms with Crippen molar-refractivity contribution in [2.24, 2.45) is 0 Å². The van der Waals surface area contributed by atoms with Crippen molar-refractivity contribution in [2.75, 3.05) is 6.61 Å². The number of ether oxygens (including phenoxy) is 1. The molecule has 0 saturated heterocycles. The maximum atomic E-state index is 11.6.